The fourth-order valence-electron chi connectivity index (χ4n) is 2.10. The van der Waals surface area contributed by atoms with E-state index in [0.29, 0.717) is 18.3 Å². The Bertz CT molecular complexity index is 408. The minimum Gasteiger partial charge on any atom is -0.461 e. The molecular formula is C12H19N3O2S. The first-order valence-corrected chi connectivity index (χ1v) is 7.14. The van der Waals surface area contributed by atoms with Crippen LogP contribution < -0.4 is 5.32 Å². The molecule has 1 saturated heterocycles. The predicted molar refractivity (Wildman–Crippen MR) is 72.2 cm³/mol. The van der Waals surface area contributed by atoms with Gasteiger partial charge in [0.15, 0.2) is 10.8 Å². The molecule has 18 heavy (non-hydrogen) atoms. The van der Waals surface area contributed by atoms with Gasteiger partial charge >= 0.3 is 5.97 Å². The van der Waals surface area contributed by atoms with Crippen LogP contribution in [0.2, 0.25) is 0 Å². The van der Waals surface area contributed by atoms with E-state index < -0.39 is 0 Å². The first-order valence-electron chi connectivity index (χ1n) is 6.26. The molecule has 0 radical (unpaired) electrons. The van der Waals surface area contributed by atoms with Gasteiger partial charge in [-0.3, -0.25) is 0 Å². The number of piperidine rings is 1. The van der Waals surface area contributed by atoms with Crippen molar-refractivity contribution in [2.24, 2.45) is 0 Å². The summed E-state index contributed by atoms with van der Waals surface area (Å²) < 4.78 is 4.92. The third kappa shape index (κ3) is 3.43. The molecule has 1 aromatic rings. The van der Waals surface area contributed by atoms with Gasteiger partial charge in [0.1, 0.15) is 0 Å². The predicted octanol–water partition coefficient (Wildman–Crippen LogP) is 1.83. The van der Waals surface area contributed by atoms with Crippen molar-refractivity contribution in [3.8, 4) is 0 Å². The van der Waals surface area contributed by atoms with E-state index >= 15 is 0 Å². The van der Waals surface area contributed by atoms with Crippen molar-refractivity contribution in [1.29, 1.82) is 0 Å². The third-order valence-corrected chi connectivity index (χ3v) is 3.71. The number of hydrogen-bond acceptors (Lipinski definition) is 6. The summed E-state index contributed by atoms with van der Waals surface area (Å²) in [5.41, 5.74) is 0.397. The lowest BCUT2D eigenvalue weighted by Gasteiger charge is -2.29. The second kappa shape index (κ2) is 6.15. The Balaban J connectivity index is 1.91. The second-order valence-corrected chi connectivity index (χ2v) is 5.36. The smallest absolute Gasteiger partial charge is 0.357 e. The molecule has 0 saturated carbocycles. The summed E-state index contributed by atoms with van der Waals surface area (Å²) in [6, 6.07) is 0.421. The molecule has 1 aromatic heterocycles. The van der Waals surface area contributed by atoms with Gasteiger partial charge in [-0.05, 0) is 33.4 Å². The largest absolute Gasteiger partial charge is 0.461 e. The Hall–Kier alpha value is -1.14. The maximum Gasteiger partial charge on any atom is 0.357 e. The van der Waals surface area contributed by atoms with Crippen LogP contribution in [0.25, 0.3) is 0 Å². The van der Waals surface area contributed by atoms with Crippen molar-refractivity contribution in [1.82, 2.24) is 9.88 Å². The highest BCUT2D eigenvalue weighted by Crippen LogP contribution is 2.20. The van der Waals surface area contributed by atoms with Crippen LogP contribution >= 0.6 is 11.3 Å². The summed E-state index contributed by atoms with van der Waals surface area (Å²) in [5.74, 6) is -0.345. The van der Waals surface area contributed by atoms with Gasteiger partial charge in [0, 0.05) is 18.0 Å². The minimum atomic E-state index is -0.345. The molecular weight excluding hydrogens is 250 g/mol. The highest BCUT2D eigenvalue weighted by Gasteiger charge is 2.19. The molecule has 1 unspecified atom stereocenters. The summed E-state index contributed by atoms with van der Waals surface area (Å²) in [6.07, 6.45) is 2.35. The lowest BCUT2D eigenvalue weighted by Crippen LogP contribution is -2.39. The number of thiazole rings is 1. The number of likely N-dealkylation sites (tertiary alicyclic amines) is 1. The molecule has 1 aliphatic rings. The van der Waals surface area contributed by atoms with Crippen LogP contribution in [0.1, 0.15) is 30.3 Å². The van der Waals surface area contributed by atoms with Gasteiger partial charge in [0.05, 0.1) is 6.61 Å². The summed E-state index contributed by atoms with van der Waals surface area (Å²) in [7, 11) is 2.12. The van der Waals surface area contributed by atoms with E-state index in [1.165, 1.54) is 17.8 Å². The molecule has 1 N–H and O–H groups in total. The zero-order chi connectivity index (χ0) is 13.0. The van der Waals surface area contributed by atoms with Crippen LogP contribution in [-0.4, -0.2) is 48.6 Å². The highest BCUT2D eigenvalue weighted by molar-refractivity contribution is 7.13. The lowest BCUT2D eigenvalue weighted by atomic mass is 10.1. The minimum absolute atomic E-state index is 0.345. The number of hydrogen-bond donors (Lipinski definition) is 1. The average molecular weight is 269 g/mol. The first-order chi connectivity index (χ1) is 8.69. The first kappa shape index (κ1) is 13.3. The molecule has 2 heterocycles. The average Bonchev–Trinajstić information content (AvgIpc) is 2.78. The Morgan fingerprint density at radius 1 is 1.72 bits per heavy atom. The van der Waals surface area contributed by atoms with E-state index in [4.69, 9.17) is 4.74 Å². The van der Waals surface area contributed by atoms with Crippen molar-refractivity contribution >= 4 is 22.4 Å². The summed E-state index contributed by atoms with van der Waals surface area (Å²) >= 11 is 1.46. The van der Waals surface area contributed by atoms with E-state index in [1.54, 1.807) is 12.3 Å². The van der Waals surface area contributed by atoms with E-state index in [2.05, 4.69) is 22.2 Å². The van der Waals surface area contributed by atoms with Gasteiger partial charge in [-0.25, -0.2) is 9.78 Å². The maximum absolute atomic E-state index is 11.5. The van der Waals surface area contributed by atoms with Gasteiger partial charge in [-0.1, -0.05) is 0 Å². The zero-order valence-corrected chi connectivity index (χ0v) is 11.6. The molecule has 0 aliphatic carbocycles. The molecule has 1 aliphatic heterocycles. The summed E-state index contributed by atoms with van der Waals surface area (Å²) in [6.45, 7) is 4.35. The number of aromatic nitrogens is 1. The molecule has 0 amide bonds. The Morgan fingerprint density at radius 2 is 2.56 bits per heavy atom. The van der Waals surface area contributed by atoms with E-state index in [0.717, 1.165) is 24.6 Å². The quantitative estimate of drug-likeness (QED) is 0.845. The monoisotopic (exact) mass is 269 g/mol. The maximum atomic E-state index is 11.5. The van der Waals surface area contributed by atoms with E-state index in [-0.39, 0.29) is 5.97 Å². The number of anilines is 1. The van der Waals surface area contributed by atoms with Crippen LogP contribution in [0.5, 0.6) is 0 Å². The Morgan fingerprint density at radius 3 is 3.28 bits per heavy atom. The number of rotatable bonds is 4. The summed E-state index contributed by atoms with van der Waals surface area (Å²) in [5, 5.41) is 5.93. The number of esters is 1. The van der Waals surface area contributed by atoms with Crippen molar-refractivity contribution in [2.45, 2.75) is 25.8 Å². The number of ether oxygens (including phenoxy) is 1. The molecule has 5 nitrogen and oxygen atoms in total. The molecule has 0 spiro atoms. The summed E-state index contributed by atoms with van der Waals surface area (Å²) in [4.78, 5) is 18.1. The topological polar surface area (TPSA) is 54.5 Å². The second-order valence-electron chi connectivity index (χ2n) is 4.50. The Kier molecular flexibility index (Phi) is 4.54. The molecule has 2 rings (SSSR count). The van der Waals surface area contributed by atoms with E-state index in [9.17, 15) is 4.79 Å². The third-order valence-electron chi connectivity index (χ3n) is 2.94. The van der Waals surface area contributed by atoms with Gasteiger partial charge in [0.2, 0.25) is 0 Å². The zero-order valence-electron chi connectivity index (χ0n) is 10.8. The number of nitrogens with zero attached hydrogens (tertiary/aromatic N) is 2. The lowest BCUT2D eigenvalue weighted by molar-refractivity contribution is 0.0520. The number of nitrogens with one attached hydrogen (secondary N) is 1. The molecule has 1 atom stereocenters. The fraction of sp³-hybridized carbons (Fsp3) is 0.667. The standard InChI is InChI=1S/C12H19N3O2S/c1-3-17-11(16)10-8-18-12(14-10)13-9-5-4-6-15(2)7-9/h8-9H,3-7H2,1-2H3,(H,13,14). The fourth-order valence-corrected chi connectivity index (χ4v) is 2.86. The number of carbonyl (C=O) groups is 1. The van der Waals surface area contributed by atoms with E-state index in [1.807, 2.05) is 0 Å². The molecule has 100 valence electrons. The molecule has 6 heteroatoms. The van der Waals surface area contributed by atoms with Crippen molar-refractivity contribution in [3.63, 3.8) is 0 Å². The molecule has 0 bridgehead atoms. The van der Waals surface area contributed by atoms with Crippen molar-refractivity contribution in [3.05, 3.63) is 11.1 Å². The van der Waals surface area contributed by atoms with Crippen LogP contribution in [0, 0.1) is 0 Å². The normalized spacial score (nSPS) is 20.7. The SMILES string of the molecule is CCOC(=O)c1csc(NC2CCCN(C)C2)n1. The van der Waals surface area contributed by atoms with Crippen molar-refractivity contribution < 1.29 is 9.53 Å². The Labute approximate surface area is 111 Å². The van der Waals surface area contributed by atoms with Crippen LogP contribution in [0.4, 0.5) is 5.13 Å². The highest BCUT2D eigenvalue weighted by atomic mass is 32.1. The van der Waals surface area contributed by atoms with Crippen molar-refractivity contribution in [2.75, 3.05) is 32.1 Å². The number of carbonyl (C=O) groups excluding carboxylic acids is 1. The van der Waals surface area contributed by atoms with Crippen LogP contribution in [0.3, 0.4) is 0 Å². The molecule has 1 fully saturated rings. The van der Waals surface area contributed by atoms with Crippen LogP contribution in [0.15, 0.2) is 5.38 Å². The van der Waals surface area contributed by atoms with Crippen LogP contribution in [-0.2, 0) is 4.74 Å². The van der Waals surface area contributed by atoms with Gasteiger partial charge in [0.25, 0.3) is 0 Å². The molecule has 0 aromatic carbocycles. The number of likely N-dealkylation sites (N-methyl/N-ethyl adjacent to an activating group) is 1. The van der Waals surface area contributed by atoms with Gasteiger partial charge in [-0.2, -0.15) is 0 Å². The van der Waals surface area contributed by atoms with Gasteiger partial charge < -0.3 is 15.0 Å². The van der Waals surface area contributed by atoms with Gasteiger partial charge in [-0.15, -0.1) is 11.3 Å².